The molecular weight excluding hydrogens is 206 g/mol. The molecule has 0 aliphatic carbocycles. The molecule has 5 heteroatoms. The van der Waals surface area contributed by atoms with Gasteiger partial charge in [0, 0.05) is 19.0 Å². The standard InChI is InChI=1S/C11H19N3O2/c1-13-5-2-9(3-6-13)14-7-4-10(15)12-8-11(14)16/h9H,2-8H2,1H3,(H,12,15). The monoisotopic (exact) mass is 225 g/mol. The van der Waals surface area contributed by atoms with Crippen molar-refractivity contribution in [3.63, 3.8) is 0 Å². The lowest BCUT2D eigenvalue weighted by atomic mass is 10.0. The van der Waals surface area contributed by atoms with Crippen LogP contribution in [0.15, 0.2) is 0 Å². The van der Waals surface area contributed by atoms with Crippen molar-refractivity contribution in [2.24, 2.45) is 0 Å². The lowest BCUT2D eigenvalue weighted by Crippen LogP contribution is -2.47. The highest BCUT2D eigenvalue weighted by Crippen LogP contribution is 2.16. The minimum atomic E-state index is -0.0104. The largest absolute Gasteiger partial charge is 0.347 e. The molecule has 1 N–H and O–H groups in total. The van der Waals surface area contributed by atoms with E-state index in [1.807, 2.05) is 4.90 Å². The Kier molecular flexibility index (Phi) is 3.43. The molecule has 2 aliphatic heterocycles. The van der Waals surface area contributed by atoms with Gasteiger partial charge >= 0.3 is 0 Å². The Morgan fingerprint density at radius 2 is 1.88 bits per heavy atom. The van der Waals surface area contributed by atoms with Gasteiger partial charge in [-0.05, 0) is 33.0 Å². The first kappa shape index (κ1) is 11.4. The SMILES string of the molecule is CN1CCC(N2CCC(=O)NCC2=O)CC1. The Morgan fingerprint density at radius 3 is 2.56 bits per heavy atom. The molecule has 16 heavy (non-hydrogen) atoms. The van der Waals surface area contributed by atoms with Crippen LogP contribution < -0.4 is 5.32 Å². The first-order valence-electron chi connectivity index (χ1n) is 5.91. The molecule has 0 aromatic carbocycles. The summed E-state index contributed by atoms with van der Waals surface area (Å²) in [6.07, 6.45) is 2.49. The lowest BCUT2D eigenvalue weighted by molar-refractivity contribution is -0.133. The average Bonchev–Trinajstić information content (AvgIpc) is 2.44. The van der Waals surface area contributed by atoms with E-state index in [-0.39, 0.29) is 18.4 Å². The molecule has 2 aliphatic rings. The zero-order chi connectivity index (χ0) is 11.5. The minimum absolute atomic E-state index is 0.0104. The number of piperidine rings is 1. The second-order valence-corrected chi connectivity index (χ2v) is 4.65. The van der Waals surface area contributed by atoms with Crippen molar-refractivity contribution in [3.05, 3.63) is 0 Å². The van der Waals surface area contributed by atoms with E-state index in [1.54, 1.807) is 0 Å². The molecule has 5 nitrogen and oxygen atoms in total. The summed E-state index contributed by atoms with van der Waals surface area (Å²) in [6, 6.07) is 0.330. The van der Waals surface area contributed by atoms with Gasteiger partial charge in [-0.3, -0.25) is 9.59 Å². The second kappa shape index (κ2) is 4.82. The molecule has 0 spiro atoms. The predicted octanol–water partition coefficient (Wildman–Crippen LogP) is -0.571. The molecule has 2 heterocycles. The maximum atomic E-state index is 11.8. The first-order valence-corrected chi connectivity index (χ1v) is 5.91. The summed E-state index contributed by atoms with van der Waals surface area (Å²) in [5.74, 6) is 0.0594. The van der Waals surface area contributed by atoms with Crippen molar-refractivity contribution in [1.29, 1.82) is 0 Å². The lowest BCUT2D eigenvalue weighted by Gasteiger charge is -2.36. The summed E-state index contributed by atoms with van der Waals surface area (Å²) < 4.78 is 0. The molecule has 2 rings (SSSR count). The minimum Gasteiger partial charge on any atom is -0.347 e. The summed E-state index contributed by atoms with van der Waals surface area (Å²) in [6.45, 7) is 2.83. The van der Waals surface area contributed by atoms with Crippen molar-refractivity contribution < 1.29 is 9.59 Å². The highest BCUT2D eigenvalue weighted by molar-refractivity contribution is 5.87. The number of carbonyl (C=O) groups is 2. The van der Waals surface area contributed by atoms with Crippen molar-refractivity contribution in [2.75, 3.05) is 33.2 Å². The second-order valence-electron chi connectivity index (χ2n) is 4.65. The summed E-state index contributed by atoms with van der Waals surface area (Å²) in [5.41, 5.74) is 0. The molecule has 2 fully saturated rings. The summed E-state index contributed by atoms with van der Waals surface area (Å²) in [7, 11) is 2.10. The first-order chi connectivity index (χ1) is 7.66. The molecule has 0 radical (unpaired) electrons. The van der Waals surface area contributed by atoms with Gasteiger partial charge in [-0.25, -0.2) is 0 Å². The number of likely N-dealkylation sites (tertiary alicyclic amines) is 1. The van der Waals surface area contributed by atoms with E-state index in [0.29, 0.717) is 19.0 Å². The third-order valence-electron chi connectivity index (χ3n) is 3.47. The topological polar surface area (TPSA) is 52.6 Å². The Labute approximate surface area is 95.8 Å². The quantitative estimate of drug-likeness (QED) is 0.650. The normalized spacial score (nSPS) is 25.4. The predicted molar refractivity (Wildman–Crippen MR) is 59.9 cm³/mol. The van der Waals surface area contributed by atoms with Gasteiger partial charge in [0.25, 0.3) is 0 Å². The third-order valence-corrected chi connectivity index (χ3v) is 3.47. The van der Waals surface area contributed by atoms with Crippen molar-refractivity contribution >= 4 is 11.8 Å². The fourth-order valence-corrected chi connectivity index (χ4v) is 2.40. The molecule has 0 unspecified atom stereocenters. The van der Waals surface area contributed by atoms with Gasteiger partial charge in [0.1, 0.15) is 0 Å². The highest BCUT2D eigenvalue weighted by atomic mass is 16.2. The van der Waals surface area contributed by atoms with Crippen LogP contribution in [0.4, 0.5) is 0 Å². The number of rotatable bonds is 1. The van der Waals surface area contributed by atoms with Gasteiger partial charge in [-0.1, -0.05) is 0 Å². The number of hydrogen-bond acceptors (Lipinski definition) is 3. The zero-order valence-corrected chi connectivity index (χ0v) is 9.74. The number of amides is 2. The van der Waals surface area contributed by atoms with E-state index in [1.165, 1.54) is 0 Å². The maximum Gasteiger partial charge on any atom is 0.242 e. The molecule has 90 valence electrons. The van der Waals surface area contributed by atoms with Crippen LogP contribution in [0, 0.1) is 0 Å². The molecule has 0 atom stereocenters. The molecule has 2 saturated heterocycles. The van der Waals surface area contributed by atoms with Gasteiger partial charge in [0.2, 0.25) is 11.8 Å². The Balaban J connectivity index is 1.96. The van der Waals surface area contributed by atoms with Crippen LogP contribution in [0.1, 0.15) is 19.3 Å². The Morgan fingerprint density at radius 1 is 1.19 bits per heavy atom. The van der Waals surface area contributed by atoms with Crippen LogP contribution in [0.5, 0.6) is 0 Å². The van der Waals surface area contributed by atoms with E-state index in [0.717, 1.165) is 25.9 Å². The maximum absolute atomic E-state index is 11.8. The van der Waals surface area contributed by atoms with Gasteiger partial charge in [0.05, 0.1) is 6.54 Å². The van der Waals surface area contributed by atoms with Crippen molar-refractivity contribution in [3.8, 4) is 0 Å². The highest BCUT2D eigenvalue weighted by Gasteiger charge is 2.28. The molecular formula is C11H19N3O2. The number of nitrogens with zero attached hydrogens (tertiary/aromatic N) is 2. The summed E-state index contributed by atoms with van der Waals surface area (Å²) in [4.78, 5) is 27.2. The van der Waals surface area contributed by atoms with Crippen LogP contribution in [-0.4, -0.2) is 60.9 Å². The Hall–Kier alpha value is -1.10. The van der Waals surface area contributed by atoms with E-state index < -0.39 is 0 Å². The van der Waals surface area contributed by atoms with E-state index >= 15 is 0 Å². The summed E-state index contributed by atoms with van der Waals surface area (Å²) >= 11 is 0. The number of nitrogens with one attached hydrogen (secondary N) is 1. The summed E-state index contributed by atoms with van der Waals surface area (Å²) in [5, 5.41) is 2.63. The van der Waals surface area contributed by atoms with Crippen molar-refractivity contribution in [2.45, 2.75) is 25.3 Å². The van der Waals surface area contributed by atoms with Crippen LogP contribution in [0.25, 0.3) is 0 Å². The number of carbonyl (C=O) groups excluding carboxylic acids is 2. The van der Waals surface area contributed by atoms with E-state index in [9.17, 15) is 9.59 Å². The van der Waals surface area contributed by atoms with Crippen LogP contribution in [0.3, 0.4) is 0 Å². The number of hydrogen-bond donors (Lipinski definition) is 1. The van der Waals surface area contributed by atoms with Crippen LogP contribution in [0.2, 0.25) is 0 Å². The van der Waals surface area contributed by atoms with E-state index in [2.05, 4.69) is 17.3 Å². The third kappa shape index (κ3) is 2.52. The smallest absolute Gasteiger partial charge is 0.242 e. The molecule has 0 aromatic rings. The van der Waals surface area contributed by atoms with Crippen LogP contribution >= 0.6 is 0 Å². The fourth-order valence-electron chi connectivity index (χ4n) is 2.40. The van der Waals surface area contributed by atoms with Gasteiger partial charge < -0.3 is 15.1 Å². The fraction of sp³-hybridized carbons (Fsp3) is 0.818. The molecule has 2 amide bonds. The average molecular weight is 225 g/mol. The molecule has 0 bridgehead atoms. The van der Waals surface area contributed by atoms with Gasteiger partial charge in [0.15, 0.2) is 0 Å². The molecule has 0 saturated carbocycles. The van der Waals surface area contributed by atoms with Crippen LogP contribution in [-0.2, 0) is 9.59 Å². The van der Waals surface area contributed by atoms with Crippen molar-refractivity contribution in [1.82, 2.24) is 15.1 Å². The zero-order valence-electron chi connectivity index (χ0n) is 9.74. The Bertz CT molecular complexity index is 285. The van der Waals surface area contributed by atoms with Gasteiger partial charge in [-0.2, -0.15) is 0 Å². The van der Waals surface area contributed by atoms with E-state index in [4.69, 9.17) is 0 Å². The van der Waals surface area contributed by atoms with Gasteiger partial charge in [-0.15, -0.1) is 0 Å². The molecule has 0 aromatic heterocycles.